The molecule has 1 saturated heterocycles. The van der Waals surface area contributed by atoms with E-state index in [1.165, 1.54) is 16.9 Å². The monoisotopic (exact) mass is 364 g/mol. The highest BCUT2D eigenvalue weighted by Crippen LogP contribution is 2.23. The molecule has 1 aromatic heterocycles. The first kappa shape index (κ1) is 18.0. The van der Waals surface area contributed by atoms with Crippen LogP contribution in [-0.2, 0) is 11.3 Å². The molecule has 7 nitrogen and oxygen atoms in total. The lowest BCUT2D eigenvalue weighted by molar-refractivity contribution is 0.101. The van der Waals surface area contributed by atoms with Gasteiger partial charge in [-0.05, 0) is 19.1 Å². The highest BCUT2D eigenvalue weighted by Gasteiger charge is 2.24. The second kappa shape index (κ2) is 7.61. The lowest BCUT2D eigenvalue weighted by Gasteiger charge is -2.29. The van der Waals surface area contributed by atoms with Crippen LogP contribution in [0.1, 0.15) is 17.3 Å². The van der Waals surface area contributed by atoms with E-state index in [9.17, 15) is 18.4 Å². The Bertz CT molecular complexity index is 859. The number of rotatable bonds is 4. The summed E-state index contributed by atoms with van der Waals surface area (Å²) in [6.07, 6.45) is 1.31. The molecule has 1 N–H and O–H groups in total. The summed E-state index contributed by atoms with van der Waals surface area (Å²) < 4.78 is 34.2. The molecule has 0 saturated carbocycles. The van der Waals surface area contributed by atoms with Crippen LogP contribution >= 0.6 is 0 Å². The first-order chi connectivity index (χ1) is 12.5. The zero-order valence-corrected chi connectivity index (χ0v) is 14.2. The maximum absolute atomic E-state index is 13.8. The minimum absolute atomic E-state index is 0.106. The number of amides is 1. The maximum Gasteiger partial charge on any atom is 0.292 e. The molecule has 9 heteroatoms. The molecule has 26 heavy (non-hydrogen) atoms. The molecule has 1 fully saturated rings. The highest BCUT2D eigenvalue weighted by atomic mass is 19.1. The van der Waals surface area contributed by atoms with Crippen LogP contribution in [0.25, 0.3) is 0 Å². The van der Waals surface area contributed by atoms with Crippen LogP contribution in [0.5, 0.6) is 0 Å². The van der Waals surface area contributed by atoms with Gasteiger partial charge in [0.1, 0.15) is 22.9 Å². The Hall–Kier alpha value is -2.81. The molecule has 0 unspecified atom stereocenters. The minimum Gasteiger partial charge on any atom is -0.378 e. The van der Waals surface area contributed by atoms with Gasteiger partial charge in [0.15, 0.2) is 0 Å². The first-order valence-corrected chi connectivity index (χ1v) is 8.21. The number of aryl methyl sites for hydroxylation is 1. The van der Waals surface area contributed by atoms with Crippen molar-refractivity contribution in [2.24, 2.45) is 0 Å². The molecule has 0 radical (unpaired) electrons. The van der Waals surface area contributed by atoms with Crippen LogP contribution in [-0.4, -0.2) is 42.0 Å². The Labute approximate surface area is 148 Å². The van der Waals surface area contributed by atoms with Gasteiger partial charge in [-0.25, -0.2) is 13.5 Å². The number of ether oxygens (including phenoxy) is 1. The first-order valence-electron chi connectivity index (χ1n) is 8.21. The van der Waals surface area contributed by atoms with Gasteiger partial charge in [-0.15, -0.1) is 0 Å². The van der Waals surface area contributed by atoms with E-state index < -0.39 is 23.1 Å². The third-order valence-corrected chi connectivity index (χ3v) is 4.08. The zero-order chi connectivity index (χ0) is 18.7. The standard InChI is InChI=1S/C17H18F2N4O3/c1-2-23-17(25)15(22-6-8-26-9-7-22)13(10-20-23)21-16(24)14-11(18)4-3-5-12(14)19/h3-5,10H,2,6-9H2,1H3,(H,21,24). The van der Waals surface area contributed by atoms with Crippen molar-refractivity contribution in [3.8, 4) is 0 Å². The predicted molar refractivity (Wildman–Crippen MR) is 91.5 cm³/mol. The summed E-state index contributed by atoms with van der Waals surface area (Å²) in [4.78, 5) is 26.8. The Morgan fingerprint density at radius 1 is 1.27 bits per heavy atom. The number of carbonyl (C=O) groups excluding carboxylic acids is 1. The summed E-state index contributed by atoms with van der Waals surface area (Å²) in [7, 11) is 0. The highest BCUT2D eigenvalue weighted by molar-refractivity contribution is 6.06. The predicted octanol–water partition coefficient (Wildman–Crippen LogP) is 1.63. The topological polar surface area (TPSA) is 76.5 Å². The molecule has 2 heterocycles. The number of benzene rings is 1. The van der Waals surface area contributed by atoms with E-state index in [1.807, 2.05) is 0 Å². The number of carbonyl (C=O) groups is 1. The largest absolute Gasteiger partial charge is 0.378 e. The van der Waals surface area contributed by atoms with Crippen LogP contribution in [0, 0.1) is 11.6 Å². The summed E-state index contributed by atoms with van der Waals surface area (Å²) in [5, 5.41) is 6.41. The number of morpholine rings is 1. The van der Waals surface area contributed by atoms with E-state index in [1.54, 1.807) is 11.8 Å². The van der Waals surface area contributed by atoms with Gasteiger partial charge >= 0.3 is 0 Å². The van der Waals surface area contributed by atoms with Crippen molar-refractivity contribution in [3.05, 3.63) is 51.9 Å². The zero-order valence-electron chi connectivity index (χ0n) is 14.2. The van der Waals surface area contributed by atoms with Crippen LogP contribution in [0.2, 0.25) is 0 Å². The van der Waals surface area contributed by atoms with E-state index in [2.05, 4.69) is 10.4 Å². The van der Waals surface area contributed by atoms with E-state index in [0.29, 0.717) is 32.8 Å². The van der Waals surface area contributed by atoms with Crippen molar-refractivity contribution in [1.82, 2.24) is 9.78 Å². The molecular weight excluding hydrogens is 346 g/mol. The summed E-state index contributed by atoms with van der Waals surface area (Å²) >= 11 is 0. The Balaban J connectivity index is 2.00. The van der Waals surface area contributed by atoms with E-state index in [4.69, 9.17) is 4.74 Å². The number of hydrogen-bond acceptors (Lipinski definition) is 5. The van der Waals surface area contributed by atoms with Crippen molar-refractivity contribution in [1.29, 1.82) is 0 Å². The average molecular weight is 364 g/mol. The molecule has 1 aliphatic rings. The van der Waals surface area contributed by atoms with Gasteiger partial charge in [-0.2, -0.15) is 5.10 Å². The number of anilines is 2. The Morgan fingerprint density at radius 3 is 2.54 bits per heavy atom. The average Bonchev–Trinajstić information content (AvgIpc) is 2.62. The minimum atomic E-state index is -0.981. The van der Waals surface area contributed by atoms with E-state index >= 15 is 0 Å². The van der Waals surface area contributed by atoms with Gasteiger partial charge in [0.05, 0.1) is 25.1 Å². The SMILES string of the molecule is CCn1ncc(NC(=O)c2c(F)cccc2F)c(N2CCOCC2)c1=O. The fourth-order valence-electron chi connectivity index (χ4n) is 2.79. The van der Waals surface area contributed by atoms with Crippen molar-refractivity contribution in [3.63, 3.8) is 0 Å². The van der Waals surface area contributed by atoms with Gasteiger partial charge in [0.25, 0.3) is 11.5 Å². The number of halogens is 2. The second-order valence-electron chi connectivity index (χ2n) is 5.68. The molecule has 0 bridgehead atoms. The summed E-state index contributed by atoms with van der Waals surface area (Å²) in [6.45, 7) is 3.91. The summed E-state index contributed by atoms with van der Waals surface area (Å²) in [5.74, 6) is -2.94. The Kier molecular flexibility index (Phi) is 5.27. The van der Waals surface area contributed by atoms with Crippen molar-refractivity contribution in [2.45, 2.75) is 13.5 Å². The molecule has 0 atom stereocenters. The molecule has 138 valence electrons. The Morgan fingerprint density at radius 2 is 1.92 bits per heavy atom. The molecule has 1 aliphatic heterocycles. The van der Waals surface area contributed by atoms with Crippen LogP contribution < -0.4 is 15.8 Å². The van der Waals surface area contributed by atoms with Crippen molar-refractivity contribution < 1.29 is 18.3 Å². The fourth-order valence-corrected chi connectivity index (χ4v) is 2.79. The third-order valence-electron chi connectivity index (χ3n) is 4.08. The molecule has 0 spiro atoms. The second-order valence-corrected chi connectivity index (χ2v) is 5.68. The number of nitrogens with zero attached hydrogens (tertiary/aromatic N) is 3. The van der Waals surface area contributed by atoms with E-state index in [0.717, 1.165) is 12.1 Å². The molecular formula is C17H18F2N4O3. The number of nitrogens with one attached hydrogen (secondary N) is 1. The summed E-state index contributed by atoms with van der Waals surface area (Å²) in [6, 6.07) is 3.16. The van der Waals surface area contributed by atoms with Gasteiger partial charge < -0.3 is 15.0 Å². The van der Waals surface area contributed by atoms with Gasteiger partial charge in [-0.3, -0.25) is 9.59 Å². The van der Waals surface area contributed by atoms with Crippen LogP contribution in [0.15, 0.2) is 29.2 Å². The smallest absolute Gasteiger partial charge is 0.292 e. The molecule has 0 aliphatic carbocycles. The van der Waals surface area contributed by atoms with Crippen molar-refractivity contribution >= 4 is 17.3 Å². The van der Waals surface area contributed by atoms with Gasteiger partial charge in [0.2, 0.25) is 0 Å². The lowest BCUT2D eigenvalue weighted by Crippen LogP contribution is -2.41. The lowest BCUT2D eigenvalue weighted by atomic mass is 10.1. The van der Waals surface area contributed by atoms with Gasteiger partial charge in [0, 0.05) is 19.6 Å². The molecule has 1 aromatic carbocycles. The quantitative estimate of drug-likeness (QED) is 0.892. The molecule has 1 amide bonds. The van der Waals surface area contributed by atoms with Crippen LogP contribution in [0.3, 0.4) is 0 Å². The fraction of sp³-hybridized carbons (Fsp3) is 0.353. The molecule has 3 rings (SSSR count). The van der Waals surface area contributed by atoms with Crippen LogP contribution in [0.4, 0.5) is 20.2 Å². The number of aromatic nitrogens is 2. The van der Waals surface area contributed by atoms with Crippen molar-refractivity contribution in [2.75, 3.05) is 36.5 Å². The number of hydrogen-bond donors (Lipinski definition) is 1. The normalized spacial score (nSPS) is 14.3. The third kappa shape index (κ3) is 3.43. The van der Waals surface area contributed by atoms with Gasteiger partial charge in [-0.1, -0.05) is 6.07 Å². The summed E-state index contributed by atoms with van der Waals surface area (Å²) in [5.41, 5.74) is -0.759. The van der Waals surface area contributed by atoms with E-state index in [-0.39, 0.29) is 16.9 Å². The molecule has 2 aromatic rings. The maximum atomic E-state index is 13.8.